The van der Waals surface area contributed by atoms with Crippen LogP contribution in [0.3, 0.4) is 0 Å². The van der Waals surface area contributed by atoms with E-state index in [1.807, 2.05) is 18.2 Å². The Morgan fingerprint density at radius 1 is 0.933 bits per heavy atom. The number of hydrogen-bond acceptors (Lipinski definition) is 4. The number of rotatable bonds is 8. The van der Waals surface area contributed by atoms with E-state index in [1.165, 1.54) is 6.08 Å². The molecule has 3 aromatic carbocycles. The van der Waals surface area contributed by atoms with E-state index in [1.54, 1.807) is 62.8 Å². The van der Waals surface area contributed by atoms with Gasteiger partial charge in [-0.15, -0.1) is 0 Å². The zero-order valence-corrected chi connectivity index (χ0v) is 18.0. The zero-order valence-electron chi connectivity index (χ0n) is 16.5. The molecule has 6 heteroatoms. The minimum Gasteiger partial charge on any atom is -0.497 e. The van der Waals surface area contributed by atoms with Crippen molar-refractivity contribution in [1.29, 1.82) is 0 Å². The number of allylic oxidation sites excluding steroid dienone is 1. The van der Waals surface area contributed by atoms with E-state index in [-0.39, 0.29) is 12.4 Å². The minimum atomic E-state index is -0.129. The van der Waals surface area contributed by atoms with Crippen LogP contribution in [0, 0.1) is 0 Å². The van der Waals surface area contributed by atoms with Gasteiger partial charge in [0.15, 0.2) is 17.3 Å². The van der Waals surface area contributed by atoms with Gasteiger partial charge in [-0.2, -0.15) is 0 Å². The summed E-state index contributed by atoms with van der Waals surface area (Å²) >= 11 is 12.0. The lowest BCUT2D eigenvalue weighted by Crippen LogP contribution is -2.00. The highest BCUT2D eigenvalue weighted by atomic mass is 35.5. The molecule has 0 atom stereocenters. The van der Waals surface area contributed by atoms with Crippen LogP contribution in [0.4, 0.5) is 0 Å². The molecule has 0 fully saturated rings. The summed E-state index contributed by atoms with van der Waals surface area (Å²) in [7, 11) is 3.15. The topological polar surface area (TPSA) is 44.8 Å². The lowest BCUT2D eigenvalue weighted by molar-refractivity contribution is 0.104. The first-order valence-corrected chi connectivity index (χ1v) is 9.87. The van der Waals surface area contributed by atoms with E-state index < -0.39 is 0 Å². The number of carbonyl (C=O) groups excluding carboxylic acids is 1. The Balaban J connectivity index is 1.81. The molecule has 0 bridgehead atoms. The first-order valence-electron chi connectivity index (χ1n) is 9.12. The van der Waals surface area contributed by atoms with E-state index >= 15 is 0 Å². The van der Waals surface area contributed by atoms with Crippen molar-refractivity contribution < 1.29 is 19.0 Å². The molecular formula is C24H20Cl2O4. The molecule has 0 aliphatic carbocycles. The van der Waals surface area contributed by atoms with Gasteiger partial charge in [0.05, 0.1) is 24.3 Å². The van der Waals surface area contributed by atoms with Crippen molar-refractivity contribution in [3.05, 3.63) is 93.5 Å². The fourth-order valence-electron chi connectivity index (χ4n) is 2.78. The van der Waals surface area contributed by atoms with Crippen molar-refractivity contribution in [2.75, 3.05) is 14.2 Å². The van der Waals surface area contributed by atoms with Crippen molar-refractivity contribution in [2.45, 2.75) is 6.61 Å². The van der Waals surface area contributed by atoms with Gasteiger partial charge in [-0.25, -0.2) is 0 Å². The average Bonchev–Trinajstić information content (AvgIpc) is 2.78. The van der Waals surface area contributed by atoms with E-state index in [9.17, 15) is 4.79 Å². The van der Waals surface area contributed by atoms with E-state index in [2.05, 4.69) is 0 Å². The summed E-state index contributed by atoms with van der Waals surface area (Å²) in [4.78, 5) is 12.5. The number of ketones is 1. The van der Waals surface area contributed by atoms with Crippen molar-refractivity contribution in [1.82, 2.24) is 0 Å². The highest BCUT2D eigenvalue weighted by Crippen LogP contribution is 2.33. The standard InChI is InChI=1S/C24H20Cl2O4/c1-28-19-10-7-17(8-11-19)22(27)13-9-18-4-3-5-23(29-2)24(18)30-15-16-6-12-20(25)21(26)14-16/h3-14H,15H2,1-2H3/b13-9+. The quantitative estimate of drug-likeness (QED) is 0.295. The fraction of sp³-hybridized carbons (Fsp3) is 0.125. The van der Waals surface area contributed by atoms with Crippen LogP contribution in [-0.2, 0) is 6.61 Å². The maximum absolute atomic E-state index is 12.5. The maximum atomic E-state index is 12.5. The highest BCUT2D eigenvalue weighted by molar-refractivity contribution is 6.42. The summed E-state index contributed by atoms with van der Waals surface area (Å²) in [5, 5.41) is 0.946. The van der Waals surface area contributed by atoms with Crippen molar-refractivity contribution in [3.8, 4) is 17.2 Å². The van der Waals surface area contributed by atoms with Crippen molar-refractivity contribution in [3.63, 3.8) is 0 Å². The summed E-state index contributed by atoms with van der Waals surface area (Å²) < 4.78 is 16.6. The van der Waals surface area contributed by atoms with Crippen LogP contribution in [0.5, 0.6) is 17.2 Å². The fourth-order valence-corrected chi connectivity index (χ4v) is 3.10. The molecule has 0 spiro atoms. The molecule has 0 radical (unpaired) electrons. The third-order valence-corrected chi connectivity index (χ3v) is 5.12. The lowest BCUT2D eigenvalue weighted by atomic mass is 10.1. The summed E-state index contributed by atoms with van der Waals surface area (Å²) in [6, 6.07) is 17.7. The number of methoxy groups -OCH3 is 2. The molecule has 0 amide bonds. The Morgan fingerprint density at radius 3 is 2.37 bits per heavy atom. The molecular weight excluding hydrogens is 423 g/mol. The van der Waals surface area contributed by atoms with Gasteiger partial charge >= 0.3 is 0 Å². The second kappa shape index (κ2) is 10.2. The SMILES string of the molecule is COc1ccc(C(=O)/C=C/c2cccc(OC)c2OCc2ccc(Cl)c(Cl)c2)cc1. The van der Waals surface area contributed by atoms with E-state index in [4.69, 9.17) is 37.4 Å². The van der Waals surface area contributed by atoms with E-state index in [0.717, 1.165) is 11.1 Å². The largest absolute Gasteiger partial charge is 0.497 e. The van der Waals surface area contributed by atoms with Gasteiger partial charge in [-0.3, -0.25) is 4.79 Å². The first kappa shape index (κ1) is 21.8. The predicted molar refractivity (Wildman–Crippen MR) is 120 cm³/mol. The van der Waals surface area contributed by atoms with Crippen LogP contribution in [0.15, 0.2) is 66.7 Å². The van der Waals surface area contributed by atoms with Crippen LogP contribution in [0.1, 0.15) is 21.5 Å². The molecule has 0 saturated heterocycles. The number of ether oxygens (including phenoxy) is 3. The zero-order chi connectivity index (χ0) is 21.5. The summed E-state index contributed by atoms with van der Waals surface area (Å²) in [5.41, 5.74) is 2.14. The maximum Gasteiger partial charge on any atom is 0.185 e. The molecule has 0 saturated carbocycles. The monoisotopic (exact) mass is 442 g/mol. The number of benzene rings is 3. The molecule has 0 aliphatic heterocycles. The number of hydrogen-bond donors (Lipinski definition) is 0. The number of para-hydroxylation sites is 1. The molecule has 3 rings (SSSR count). The van der Waals surface area contributed by atoms with E-state index in [0.29, 0.717) is 32.9 Å². The summed E-state index contributed by atoms with van der Waals surface area (Å²) in [5.74, 6) is 1.66. The second-order valence-corrected chi connectivity index (χ2v) is 7.16. The molecule has 0 heterocycles. The smallest absolute Gasteiger partial charge is 0.185 e. The van der Waals surface area contributed by atoms with Crippen molar-refractivity contribution in [2.24, 2.45) is 0 Å². The Labute approximate surface area is 185 Å². The number of carbonyl (C=O) groups is 1. The van der Waals surface area contributed by atoms with Gasteiger partial charge in [0.2, 0.25) is 0 Å². The Kier molecular flexibility index (Phi) is 7.39. The van der Waals surface area contributed by atoms with Crippen LogP contribution in [-0.4, -0.2) is 20.0 Å². The van der Waals surface area contributed by atoms with Crippen LogP contribution in [0.25, 0.3) is 6.08 Å². The normalized spacial score (nSPS) is 10.8. The second-order valence-electron chi connectivity index (χ2n) is 6.34. The Morgan fingerprint density at radius 2 is 1.70 bits per heavy atom. The summed E-state index contributed by atoms with van der Waals surface area (Å²) in [6.45, 7) is 0.268. The molecule has 3 aromatic rings. The molecule has 30 heavy (non-hydrogen) atoms. The molecule has 0 aliphatic rings. The Hall–Kier alpha value is -2.95. The van der Waals surface area contributed by atoms with Gasteiger partial charge in [-0.1, -0.05) is 41.4 Å². The molecule has 154 valence electrons. The van der Waals surface area contributed by atoms with Gasteiger partial charge in [0.25, 0.3) is 0 Å². The molecule has 0 N–H and O–H groups in total. The third kappa shape index (κ3) is 5.35. The predicted octanol–water partition coefficient (Wildman–Crippen LogP) is 6.49. The number of halogens is 2. The van der Waals surface area contributed by atoms with Gasteiger partial charge in [0, 0.05) is 11.1 Å². The van der Waals surface area contributed by atoms with Gasteiger partial charge in [0.1, 0.15) is 12.4 Å². The van der Waals surface area contributed by atoms with Crippen LogP contribution in [0.2, 0.25) is 10.0 Å². The van der Waals surface area contributed by atoms with Gasteiger partial charge < -0.3 is 14.2 Å². The molecule has 0 unspecified atom stereocenters. The van der Waals surface area contributed by atoms with Crippen molar-refractivity contribution >= 4 is 35.1 Å². The molecule has 0 aromatic heterocycles. The lowest BCUT2D eigenvalue weighted by Gasteiger charge is -2.14. The Bertz CT molecular complexity index is 1060. The minimum absolute atomic E-state index is 0.129. The summed E-state index contributed by atoms with van der Waals surface area (Å²) in [6.07, 6.45) is 3.21. The average molecular weight is 443 g/mol. The first-order chi connectivity index (χ1) is 14.5. The third-order valence-electron chi connectivity index (χ3n) is 4.39. The highest BCUT2D eigenvalue weighted by Gasteiger charge is 2.11. The molecule has 4 nitrogen and oxygen atoms in total. The van der Waals surface area contributed by atoms with Crippen LogP contribution < -0.4 is 14.2 Å². The van der Waals surface area contributed by atoms with Crippen LogP contribution >= 0.6 is 23.2 Å². The van der Waals surface area contributed by atoms with Gasteiger partial charge in [-0.05, 0) is 60.2 Å².